The molecule has 0 amide bonds. The number of carbonyl (C=O) groups is 1. The molecule has 3 rings (SSSR count). The molecule has 0 N–H and O–H groups in total. The highest BCUT2D eigenvalue weighted by atomic mass is 19.1. The average Bonchev–Trinajstić information content (AvgIpc) is 2.58. The second kappa shape index (κ2) is 6.20. The molecular formula is C18H16FNO3. The van der Waals surface area contributed by atoms with Crippen molar-refractivity contribution >= 4 is 11.9 Å². The summed E-state index contributed by atoms with van der Waals surface area (Å²) in [6, 6.07) is 5.07. The van der Waals surface area contributed by atoms with Gasteiger partial charge < -0.3 is 9.47 Å². The van der Waals surface area contributed by atoms with Crippen molar-refractivity contribution in [2.45, 2.75) is 12.8 Å². The first-order chi connectivity index (χ1) is 11.1. The lowest BCUT2D eigenvalue weighted by Gasteiger charge is -2.20. The van der Waals surface area contributed by atoms with Crippen LogP contribution >= 0.6 is 0 Å². The highest BCUT2D eigenvalue weighted by Gasteiger charge is 2.24. The predicted molar refractivity (Wildman–Crippen MR) is 84.4 cm³/mol. The van der Waals surface area contributed by atoms with E-state index in [1.54, 1.807) is 25.3 Å². The van der Waals surface area contributed by atoms with Crippen LogP contribution in [0.3, 0.4) is 0 Å². The summed E-state index contributed by atoms with van der Waals surface area (Å²) >= 11 is 0. The minimum absolute atomic E-state index is 0.108. The van der Waals surface area contributed by atoms with Crippen molar-refractivity contribution in [1.82, 2.24) is 4.98 Å². The van der Waals surface area contributed by atoms with E-state index < -0.39 is 5.82 Å². The Labute approximate surface area is 133 Å². The van der Waals surface area contributed by atoms with Gasteiger partial charge in [-0.1, -0.05) is 0 Å². The van der Waals surface area contributed by atoms with Crippen LogP contribution in [0.2, 0.25) is 0 Å². The second-order valence-corrected chi connectivity index (χ2v) is 5.26. The maximum atomic E-state index is 13.7. The number of aromatic nitrogens is 1. The molecule has 0 fully saturated rings. The zero-order valence-corrected chi connectivity index (χ0v) is 12.9. The van der Waals surface area contributed by atoms with E-state index in [0.29, 0.717) is 41.0 Å². The molecule has 4 nitrogen and oxygen atoms in total. The third-order valence-electron chi connectivity index (χ3n) is 3.94. The van der Waals surface area contributed by atoms with Crippen LogP contribution in [0, 0.1) is 5.82 Å². The fourth-order valence-corrected chi connectivity index (χ4v) is 2.72. The topological polar surface area (TPSA) is 48.4 Å². The molecule has 5 heteroatoms. The van der Waals surface area contributed by atoms with Crippen LogP contribution in [0.4, 0.5) is 4.39 Å². The number of nitrogens with zero attached hydrogens (tertiary/aromatic N) is 1. The molecule has 1 aromatic carbocycles. The molecule has 0 spiro atoms. The summed E-state index contributed by atoms with van der Waals surface area (Å²) < 4.78 is 24.3. The predicted octanol–water partition coefficient (Wildman–Crippen LogP) is 3.45. The van der Waals surface area contributed by atoms with Gasteiger partial charge in [0.2, 0.25) is 0 Å². The average molecular weight is 313 g/mol. The van der Waals surface area contributed by atoms with E-state index in [4.69, 9.17) is 9.47 Å². The Morgan fingerprint density at radius 1 is 1.17 bits per heavy atom. The lowest BCUT2D eigenvalue weighted by atomic mass is 9.85. The van der Waals surface area contributed by atoms with E-state index in [2.05, 4.69) is 4.98 Å². The van der Waals surface area contributed by atoms with E-state index >= 15 is 0 Å². The van der Waals surface area contributed by atoms with E-state index in [-0.39, 0.29) is 5.78 Å². The number of hydrogen-bond donors (Lipinski definition) is 0. The molecule has 0 saturated carbocycles. The van der Waals surface area contributed by atoms with Crippen molar-refractivity contribution in [1.29, 1.82) is 0 Å². The van der Waals surface area contributed by atoms with Crippen LogP contribution in [-0.2, 0) is 6.42 Å². The molecule has 2 aromatic rings. The molecule has 118 valence electrons. The summed E-state index contributed by atoms with van der Waals surface area (Å²) in [5.74, 6) is 0.567. The van der Waals surface area contributed by atoms with Gasteiger partial charge in [-0.05, 0) is 42.7 Å². The Hall–Kier alpha value is -2.69. The summed E-state index contributed by atoms with van der Waals surface area (Å²) in [4.78, 5) is 16.4. The molecule has 1 aromatic heterocycles. The zero-order chi connectivity index (χ0) is 16.4. The lowest BCUT2D eigenvalue weighted by molar-refractivity contribution is 0.102. The number of allylic oxidation sites excluding steroid dienone is 1. The van der Waals surface area contributed by atoms with Gasteiger partial charge in [0.05, 0.1) is 20.4 Å². The minimum Gasteiger partial charge on any atom is -0.493 e. The summed E-state index contributed by atoms with van der Waals surface area (Å²) in [6.07, 6.45) is 5.49. The molecule has 1 aliphatic carbocycles. The number of Topliss-reactive ketones (excluding diaryl/α,β-unsaturated/α-hetero) is 1. The van der Waals surface area contributed by atoms with E-state index in [1.165, 1.54) is 13.3 Å². The van der Waals surface area contributed by atoms with Crippen LogP contribution < -0.4 is 9.47 Å². The maximum Gasteiger partial charge on any atom is 0.189 e. The molecule has 0 radical (unpaired) electrons. The van der Waals surface area contributed by atoms with E-state index in [1.807, 2.05) is 6.07 Å². The van der Waals surface area contributed by atoms with Crippen LogP contribution in [0.25, 0.3) is 6.08 Å². The number of benzene rings is 1. The normalized spacial score (nSPS) is 15.4. The van der Waals surface area contributed by atoms with E-state index in [0.717, 1.165) is 11.8 Å². The Balaban J connectivity index is 2.02. The monoisotopic (exact) mass is 313 g/mol. The van der Waals surface area contributed by atoms with Gasteiger partial charge in [0, 0.05) is 22.9 Å². The van der Waals surface area contributed by atoms with Crippen molar-refractivity contribution in [3.8, 4) is 11.5 Å². The fraction of sp³-hybridized carbons (Fsp3) is 0.222. The van der Waals surface area contributed by atoms with Gasteiger partial charge >= 0.3 is 0 Å². The zero-order valence-electron chi connectivity index (χ0n) is 12.9. The first-order valence-corrected chi connectivity index (χ1v) is 7.23. The number of hydrogen-bond acceptors (Lipinski definition) is 4. The molecule has 0 aliphatic heterocycles. The molecule has 23 heavy (non-hydrogen) atoms. The third kappa shape index (κ3) is 2.82. The standard InChI is InChI=1S/C18H16FNO3/c1-22-16-8-11-3-4-13(7-12-5-6-20-10-15(12)19)18(21)14(11)9-17(16)23-2/h5-10H,3-4H2,1-2H3. The Kier molecular flexibility index (Phi) is 4.10. The van der Waals surface area contributed by atoms with Crippen LogP contribution in [0.1, 0.15) is 27.9 Å². The number of ether oxygens (including phenoxy) is 2. The first kappa shape index (κ1) is 15.2. The Morgan fingerprint density at radius 2 is 1.91 bits per heavy atom. The summed E-state index contributed by atoms with van der Waals surface area (Å²) in [6.45, 7) is 0. The number of aryl methyl sites for hydroxylation is 1. The summed E-state index contributed by atoms with van der Waals surface area (Å²) in [5, 5.41) is 0. The fourth-order valence-electron chi connectivity index (χ4n) is 2.72. The molecule has 0 unspecified atom stereocenters. The van der Waals surface area contributed by atoms with Crippen LogP contribution in [-0.4, -0.2) is 25.0 Å². The number of ketones is 1. The van der Waals surface area contributed by atoms with E-state index in [9.17, 15) is 9.18 Å². The Morgan fingerprint density at radius 3 is 2.61 bits per heavy atom. The van der Waals surface area contributed by atoms with Gasteiger partial charge in [0.25, 0.3) is 0 Å². The molecule has 0 bridgehead atoms. The number of carbonyl (C=O) groups excluding carboxylic acids is 1. The van der Waals surface area contributed by atoms with Gasteiger partial charge in [0.15, 0.2) is 17.3 Å². The van der Waals surface area contributed by atoms with Crippen molar-refractivity contribution in [2.24, 2.45) is 0 Å². The van der Waals surface area contributed by atoms with Crippen molar-refractivity contribution in [3.05, 3.63) is 58.7 Å². The highest BCUT2D eigenvalue weighted by Crippen LogP contribution is 2.35. The number of methoxy groups -OCH3 is 2. The van der Waals surface area contributed by atoms with Crippen LogP contribution in [0.15, 0.2) is 36.2 Å². The number of halogens is 1. The largest absolute Gasteiger partial charge is 0.493 e. The number of pyridine rings is 1. The van der Waals surface area contributed by atoms with Gasteiger partial charge in [-0.2, -0.15) is 0 Å². The van der Waals surface area contributed by atoms with Crippen molar-refractivity contribution in [3.63, 3.8) is 0 Å². The molecular weight excluding hydrogens is 297 g/mol. The molecule has 1 aliphatic rings. The molecule has 0 atom stereocenters. The summed E-state index contributed by atoms with van der Waals surface area (Å²) in [5.41, 5.74) is 2.44. The first-order valence-electron chi connectivity index (χ1n) is 7.23. The van der Waals surface area contributed by atoms with Crippen molar-refractivity contribution < 1.29 is 18.7 Å². The van der Waals surface area contributed by atoms with Crippen molar-refractivity contribution in [2.75, 3.05) is 14.2 Å². The van der Waals surface area contributed by atoms with Gasteiger partial charge in [0.1, 0.15) is 5.82 Å². The summed E-state index contributed by atoms with van der Waals surface area (Å²) in [7, 11) is 3.09. The second-order valence-electron chi connectivity index (χ2n) is 5.26. The lowest BCUT2D eigenvalue weighted by Crippen LogP contribution is -2.14. The molecule has 0 saturated heterocycles. The quantitative estimate of drug-likeness (QED) is 0.814. The third-order valence-corrected chi connectivity index (χ3v) is 3.94. The molecule has 1 heterocycles. The SMILES string of the molecule is COc1cc2c(cc1OC)C(=O)C(=Cc1ccncc1F)CC2. The van der Waals surface area contributed by atoms with Gasteiger partial charge in [-0.3, -0.25) is 9.78 Å². The highest BCUT2D eigenvalue weighted by molar-refractivity contribution is 6.13. The Bertz CT molecular complexity index is 799. The minimum atomic E-state index is -0.439. The van der Waals surface area contributed by atoms with Crippen LogP contribution in [0.5, 0.6) is 11.5 Å². The number of rotatable bonds is 3. The van der Waals surface area contributed by atoms with Gasteiger partial charge in [-0.15, -0.1) is 0 Å². The number of fused-ring (bicyclic) bond motifs is 1. The smallest absolute Gasteiger partial charge is 0.189 e. The maximum absolute atomic E-state index is 13.7. The van der Waals surface area contributed by atoms with Gasteiger partial charge in [-0.25, -0.2) is 4.39 Å².